The van der Waals surface area contributed by atoms with Crippen LogP contribution in [0.3, 0.4) is 0 Å². The van der Waals surface area contributed by atoms with Crippen molar-refractivity contribution in [3.05, 3.63) is 38.8 Å². The van der Waals surface area contributed by atoms with E-state index in [0.717, 1.165) is 28.0 Å². The molecule has 0 spiro atoms. The first-order chi connectivity index (χ1) is 8.04. The molecule has 1 aromatic rings. The number of halogens is 2. The molecule has 3 heteroatoms. The van der Waals surface area contributed by atoms with Gasteiger partial charge in [0.15, 0.2) is 0 Å². The van der Waals surface area contributed by atoms with Gasteiger partial charge in [0.2, 0.25) is 0 Å². The van der Waals surface area contributed by atoms with E-state index < -0.39 is 0 Å². The third-order valence-corrected chi connectivity index (χ3v) is 3.55. The smallest absolute Gasteiger partial charge is 0.0489 e. The van der Waals surface area contributed by atoms with Crippen molar-refractivity contribution < 1.29 is 0 Å². The summed E-state index contributed by atoms with van der Waals surface area (Å²) in [6.07, 6.45) is 3.29. The molecular formula is C14H19BrClN. The molecular weight excluding hydrogens is 298 g/mol. The zero-order valence-electron chi connectivity index (χ0n) is 10.6. The van der Waals surface area contributed by atoms with Crippen LogP contribution in [0.15, 0.2) is 28.2 Å². The van der Waals surface area contributed by atoms with Gasteiger partial charge in [0, 0.05) is 15.5 Å². The fourth-order valence-electron chi connectivity index (χ4n) is 1.51. The van der Waals surface area contributed by atoms with E-state index in [4.69, 9.17) is 11.6 Å². The molecule has 1 unspecified atom stereocenters. The molecule has 1 aromatic carbocycles. The Morgan fingerprint density at radius 2 is 2.24 bits per heavy atom. The van der Waals surface area contributed by atoms with Crippen molar-refractivity contribution in [3.8, 4) is 0 Å². The molecule has 1 nitrogen and oxygen atoms in total. The molecule has 0 radical (unpaired) electrons. The second kappa shape index (κ2) is 7.20. The van der Waals surface area contributed by atoms with Crippen LogP contribution < -0.4 is 5.32 Å². The Balaban J connectivity index is 2.79. The largest absolute Gasteiger partial charge is 0.311 e. The van der Waals surface area contributed by atoms with Gasteiger partial charge in [-0.15, -0.1) is 0 Å². The van der Waals surface area contributed by atoms with E-state index in [9.17, 15) is 0 Å². The van der Waals surface area contributed by atoms with Crippen molar-refractivity contribution in [2.75, 3.05) is 6.54 Å². The van der Waals surface area contributed by atoms with E-state index in [1.165, 1.54) is 5.57 Å². The Morgan fingerprint density at radius 1 is 1.53 bits per heavy atom. The van der Waals surface area contributed by atoms with Crippen LogP contribution in [-0.2, 0) is 0 Å². The van der Waals surface area contributed by atoms with E-state index >= 15 is 0 Å². The van der Waals surface area contributed by atoms with E-state index in [1.807, 2.05) is 18.2 Å². The lowest BCUT2D eigenvalue weighted by Gasteiger charge is -2.14. The van der Waals surface area contributed by atoms with E-state index in [-0.39, 0.29) is 0 Å². The third kappa shape index (κ3) is 4.82. The highest BCUT2D eigenvalue weighted by Gasteiger charge is 2.04. The molecule has 1 N–H and O–H groups in total. The zero-order chi connectivity index (χ0) is 12.8. The summed E-state index contributed by atoms with van der Waals surface area (Å²) in [6, 6.07) is 6.34. The van der Waals surface area contributed by atoms with E-state index in [1.54, 1.807) is 0 Å². The highest BCUT2D eigenvalue weighted by Crippen LogP contribution is 2.23. The SMILES string of the molecule is CCCNC(C)/C(C)=C/c1ccc(Br)cc1Cl. The van der Waals surface area contributed by atoms with Crippen molar-refractivity contribution in [2.45, 2.75) is 33.2 Å². The van der Waals surface area contributed by atoms with Gasteiger partial charge in [-0.25, -0.2) is 0 Å². The summed E-state index contributed by atoms with van der Waals surface area (Å²) in [6.45, 7) is 7.52. The normalized spacial score (nSPS) is 13.8. The van der Waals surface area contributed by atoms with Crippen LogP contribution in [0.25, 0.3) is 6.08 Å². The van der Waals surface area contributed by atoms with Gasteiger partial charge < -0.3 is 5.32 Å². The molecule has 0 aliphatic carbocycles. The second-order valence-corrected chi connectivity index (χ2v) is 5.55. The van der Waals surface area contributed by atoms with Gasteiger partial charge in [0.25, 0.3) is 0 Å². The van der Waals surface area contributed by atoms with Crippen molar-refractivity contribution >= 4 is 33.6 Å². The van der Waals surface area contributed by atoms with Crippen molar-refractivity contribution in [3.63, 3.8) is 0 Å². The lowest BCUT2D eigenvalue weighted by Crippen LogP contribution is -2.27. The number of nitrogens with one attached hydrogen (secondary N) is 1. The minimum absolute atomic E-state index is 0.384. The first-order valence-corrected chi connectivity index (χ1v) is 7.08. The first kappa shape index (κ1) is 14.7. The molecule has 0 heterocycles. The maximum Gasteiger partial charge on any atom is 0.0489 e. The summed E-state index contributed by atoms with van der Waals surface area (Å²) in [4.78, 5) is 0. The molecule has 94 valence electrons. The lowest BCUT2D eigenvalue weighted by molar-refractivity contribution is 0.604. The molecule has 1 atom stereocenters. The Kier molecular flexibility index (Phi) is 6.24. The average Bonchev–Trinajstić information content (AvgIpc) is 2.29. The minimum Gasteiger partial charge on any atom is -0.311 e. The van der Waals surface area contributed by atoms with Gasteiger partial charge in [-0.05, 0) is 44.5 Å². The Morgan fingerprint density at radius 3 is 2.82 bits per heavy atom. The molecule has 0 fully saturated rings. The Labute approximate surface area is 117 Å². The molecule has 0 aromatic heterocycles. The zero-order valence-corrected chi connectivity index (χ0v) is 12.9. The summed E-state index contributed by atoms with van der Waals surface area (Å²) < 4.78 is 1.01. The Hall–Kier alpha value is -0.310. The average molecular weight is 317 g/mol. The Bertz CT molecular complexity index is 401. The number of rotatable bonds is 5. The van der Waals surface area contributed by atoms with Crippen LogP contribution in [0.5, 0.6) is 0 Å². The number of benzene rings is 1. The van der Waals surface area contributed by atoms with Crippen molar-refractivity contribution in [2.24, 2.45) is 0 Å². The summed E-state index contributed by atoms with van der Waals surface area (Å²) in [7, 11) is 0. The van der Waals surface area contributed by atoms with Crippen LogP contribution in [0, 0.1) is 0 Å². The van der Waals surface area contributed by atoms with Gasteiger partial charge >= 0.3 is 0 Å². The molecule has 0 amide bonds. The van der Waals surface area contributed by atoms with Crippen molar-refractivity contribution in [1.29, 1.82) is 0 Å². The van der Waals surface area contributed by atoms with Gasteiger partial charge in [-0.3, -0.25) is 0 Å². The molecule has 1 rings (SSSR count). The molecule has 17 heavy (non-hydrogen) atoms. The van der Waals surface area contributed by atoms with Crippen LogP contribution in [0.4, 0.5) is 0 Å². The van der Waals surface area contributed by atoms with E-state index in [2.05, 4.69) is 48.1 Å². The third-order valence-electron chi connectivity index (χ3n) is 2.73. The molecule has 0 saturated heterocycles. The van der Waals surface area contributed by atoms with Crippen LogP contribution in [0.2, 0.25) is 5.02 Å². The molecule has 0 aliphatic rings. The van der Waals surface area contributed by atoms with Gasteiger partial charge in [0.05, 0.1) is 0 Å². The summed E-state index contributed by atoms with van der Waals surface area (Å²) >= 11 is 9.60. The highest BCUT2D eigenvalue weighted by atomic mass is 79.9. The quantitative estimate of drug-likeness (QED) is 0.815. The number of hydrogen-bond donors (Lipinski definition) is 1. The maximum absolute atomic E-state index is 6.19. The topological polar surface area (TPSA) is 12.0 Å². The molecule has 0 saturated carbocycles. The van der Waals surface area contributed by atoms with E-state index in [0.29, 0.717) is 6.04 Å². The molecule has 0 bridgehead atoms. The van der Waals surface area contributed by atoms with Gasteiger partial charge in [0.1, 0.15) is 0 Å². The van der Waals surface area contributed by atoms with Crippen LogP contribution in [0.1, 0.15) is 32.8 Å². The monoisotopic (exact) mass is 315 g/mol. The minimum atomic E-state index is 0.384. The first-order valence-electron chi connectivity index (χ1n) is 5.91. The summed E-state index contributed by atoms with van der Waals surface area (Å²) in [5.41, 5.74) is 2.36. The highest BCUT2D eigenvalue weighted by molar-refractivity contribution is 9.10. The van der Waals surface area contributed by atoms with Gasteiger partial charge in [-0.2, -0.15) is 0 Å². The van der Waals surface area contributed by atoms with Crippen LogP contribution >= 0.6 is 27.5 Å². The molecule has 0 aliphatic heterocycles. The fraction of sp³-hybridized carbons (Fsp3) is 0.429. The van der Waals surface area contributed by atoms with Crippen LogP contribution in [-0.4, -0.2) is 12.6 Å². The lowest BCUT2D eigenvalue weighted by atomic mass is 10.1. The fourth-order valence-corrected chi connectivity index (χ4v) is 2.24. The number of hydrogen-bond acceptors (Lipinski definition) is 1. The summed E-state index contributed by atoms with van der Waals surface area (Å²) in [5.74, 6) is 0. The maximum atomic E-state index is 6.19. The summed E-state index contributed by atoms with van der Waals surface area (Å²) in [5, 5.41) is 4.24. The van der Waals surface area contributed by atoms with Gasteiger partial charge in [-0.1, -0.05) is 52.2 Å². The standard InChI is InChI=1S/C14H19BrClN/c1-4-7-17-11(3)10(2)8-12-5-6-13(15)9-14(12)16/h5-6,8-9,11,17H,4,7H2,1-3H3/b10-8+. The predicted octanol–water partition coefficient (Wildman–Crippen LogP) is 4.89. The second-order valence-electron chi connectivity index (χ2n) is 4.23. The predicted molar refractivity (Wildman–Crippen MR) is 80.6 cm³/mol. The van der Waals surface area contributed by atoms with Crippen molar-refractivity contribution in [1.82, 2.24) is 5.32 Å².